The van der Waals surface area contributed by atoms with Gasteiger partial charge >= 0.3 is 0 Å². The van der Waals surface area contributed by atoms with Crippen molar-refractivity contribution in [3.8, 4) is 5.88 Å². The Bertz CT molecular complexity index is 484. The first-order valence-electron chi connectivity index (χ1n) is 7.55. The van der Waals surface area contributed by atoms with Gasteiger partial charge in [0.05, 0.1) is 16.9 Å². The molecule has 3 N–H and O–H groups in total. The summed E-state index contributed by atoms with van der Waals surface area (Å²) in [4.78, 5) is 15.6. The van der Waals surface area contributed by atoms with Crippen molar-refractivity contribution >= 4 is 34.8 Å². The minimum absolute atomic E-state index is 0.110. The van der Waals surface area contributed by atoms with Crippen LogP contribution >= 0.6 is 23.2 Å². The molecule has 0 unspecified atom stereocenters. The molecule has 0 aliphatic heterocycles. The molecule has 0 aliphatic rings. The van der Waals surface area contributed by atoms with Crippen molar-refractivity contribution in [1.29, 1.82) is 0 Å². The van der Waals surface area contributed by atoms with Gasteiger partial charge in [-0.15, -0.1) is 0 Å². The Morgan fingerprint density at radius 3 is 2.68 bits per heavy atom. The molecule has 0 fully saturated rings. The summed E-state index contributed by atoms with van der Waals surface area (Å²) < 4.78 is 5.25. The molecule has 1 heterocycles. The van der Waals surface area contributed by atoms with Gasteiger partial charge in [-0.2, -0.15) is 0 Å². The summed E-state index contributed by atoms with van der Waals surface area (Å²) in [5, 5.41) is 3.17. The predicted molar refractivity (Wildman–Crippen MR) is 90.6 cm³/mol. The fraction of sp³-hybridized carbons (Fsp3) is 0.600. The number of nitrogen functional groups attached to an aromatic ring is 1. The molecule has 7 heteroatoms. The maximum absolute atomic E-state index is 11.7. The summed E-state index contributed by atoms with van der Waals surface area (Å²) >= 11 is 11.7. The number of carbonyl (C=O) groups is 1. The van der Waals surface area contributed by atoms with Gasteiger partial charge in [-0.25, -0.2) is 4.98 Å². The summed E-state index contributed by atoms with van der Waals surface area (Å²) in [6.45, 7) is 2.69. The van der Waals surface area contributed by atoms with Crippen molar-refractivity contribution in [2.45, 2.75) is 45.4 Å². The number of carbonyl (C=O) groups excluding carboxylic acids is 1. The van der Waals surface area contributed by atoms with Crippen LogP contribution in [0.1, 0.15) is 45.4 Å². The minimum atomic E-state index is -0.208. The lowest BCUT2D eigenvalue weighted by atomic mass is 10.1. The summed E-state index contributed by atoms with van der Waals surface area (Å²) in [5.41, 5.74) is 5.85. The Morgan fingerprint density at radius 2 is 1.95 bits per heavy atom. The molecule has 0 aromatic carbocycles. The van der Waals surface area contributed by atoms with E-state index >= 15 is 0 Å². The van der Waals surface area contributed by atoms with Crippen LogP contribution in [-0.4, -0.2) is 24.0 Å². The van der Waals surface area contributed by atoms with Gasteiger partial charge in [-0.1, -0.05) is 62.2 Å². The molecule has 0 radical (unpaired) electrons. The highest BCUT2D eigenvalue weighted by atomic mass is 35.5. The van der Waals surface area contributed by atoms with Gasteiger partial charge in [-0.05, 0) is 6.42 Å². The van der Waals surface area contributed by atoms with Crippen molar-refractivity contribution in [3.05, 3.63) is 16.2 Å². The van der Waals surface area contributed by atoms with Crippen LogP contribution in [0.15, 0.2) is 6.20 Å². The zero-order chi connectivity index (χ0) is 16.4. The number of hydrogen-bond acceptors (Lipinski definition) is 4. The fourth-order valence-electron chi connectivity index (χ4n) is 1.88. The van der Waals surface area contributed by atoms with E-state index in [1.54, 1.807) is 0 Å². The van der Waals surface area contributed by atoms with Gasteiger partial charge in [0.1, 0.15) is 5.02 Å². The van der Waals surface area contributed by atoms with Crippen molar-refractivity contribution < 1.29 is 9.53 Å². The Labute approximate surface area is 141 Å². The maximum atomic E-state index is 11.7. The normalized spacial score (nSPS) is 10.5. The molecule has 0 aliphatic carbocycles. The smallest absolute Gasteiger partial charge is 0.258 e. The predicted octanol–water partition coefficient (Wildman–Crippen LogP) is 3.83. The quantitative estimate of drug-likeness (QED) is 0.630. The Morgan fingerprint density at radius 1 is 1.27 bits per heavy atom. The van der Waals surface area contributed by atoms with E-state index in [4.69, 9.17) is 33.7 Å². The van der Waals surface area contributed by atoms with E-state index in [0.717, 1.165) is 12.8 Å². The summed E-state index contributed by atoms with van der Waals surface area (Å²) in [6.07, 6.45) is 8.43. The van der Waals surface area contributed by atoms with Crippen LogP contribution in [0.5, 0.6) is 5.88 Å². The number of aromatic nitrogens is 1. The lowest BCUT2D eigenvalue weighted by molar-refractivity contribution is -0.123. The van der Waals surface area contributed by atoms with Gasteiger partial charge in [0, 0.05) is 6.54 Å². The number of hydrogen-bond donors (Lipinski definition) is 2. The van der Waals surface area contributed by atoms with E-state index in [-0.39, 0.29) is 34.1 Å². The third-order valence-electron chi connectivity index (χ3n) is 3.17. The van der Waals surface area contributed by atoms with Gasteiger partial charge in [0.2, 0.25) is 5.88 Å². The van der Waals surface area contributed by atoms with E-state index in [1.807, 2.05) is 0 Å². The van der Waals surface area contributed by atoms with Gasteiger partial charge in [0.15, 0.2) is 6.61 Å². The van der Waals surface area contributed by atoms with Gasteiger partial charge < -0.3 is 15.8 Å². The molecule has 1 aromatic rings. The first-order chi connectivity index (χ1) is 10.6. The molecular weight excluding hydrogens is 325 g/mol. The molecule has 1 rings (SSSR count). The zero-order valence-corrected chi connectivity index (χ0v) is 14.3. The van der Waals surface area contributed by atoms with Crippen molar-refractivity contribution in [2.24, 2.45) is 0 Å². The van der Waals surface area contributed by atoms with Crippen LogP contribution in [0.3, 0.4) is 0 Å². The molecule has 0 saturated heterocycles. The standard InChI is InChI=1S/C15H23Cl2N3O2/c1-2-3-4-5-6-7-8-19-12(21)10-22-15-13(17)14(18)11(16)9-20-15/h9H,2-8,10H2,1H3,(H2,18,20)(H,19,21). The summed E-state index contributed by atoms with van der Waals surface area (Å²) in [5.74, 6) is -0.0989. The van der Waals surface area contributed by atoms with Crippen LogP contribution in [0, 0.1) is 0 Å². The second-order valence-electron chi connectivity index (χ2n) is 5.05. The highest BCUT2D eigenvalue weighted by molar-refractivity contribution is 6.39. The SMILES string of the molecule is CCCCCCCCNC(=O)COc1ncc(Cl)c(N)c1Cl. The number of nitrogens with zero attached hydrogens (tertiary/aromatic N) is 1. The summed E-state index contributed by atoms with van der Waals surface area (Å²) in [6, 6.07) is 0. The average Bonchev–Trinajstić information content (AvgIpc) is 2.51. The Hall–Kier alpha value is -1.20. The number of anilines is 1. The zero-order valence-electron chi connectivity index (χ0n) is 12.8. The second kappa shape index (κ2) is 10.5. The molecule has 0 saturated carbocycles. The van der Waals surface area contributed by atoms with E-state index in [0.29, 0.717) is 6.54 Å². The number of nitrogens with two attached hydrogens (primary N) is 1. The molecular formula is C15H23Cl2N3O2. The lowest BCUT2D eigenvalue weighted by Crippen LogP contribution is -2.29. The number of rotatable bonds is 10. The monoisotopic (exact) mass is 347 g/mol. The van der Waals surface area contributed by atoms with E-state index < -0.39 is 0 Å². The molecule has 1 aromatic heterocycles. The highest BCUT2D eigenvalue weighted by Crippen LogP contribution is 2.32. The molecule has 5 nitrogen and oxygen atoms in total. The minimum Gasteiger partial charge on any atom is -0.466 e. The van der Waals surface area contributed by atoms with Crippen molar-refractivity contribution in [2.75, 3.05) is 18.9 Å². The van der Waals surface area contributed by atoms with E-state index in [2.05, 4.69) is 17.2 Å². The van der Waals surface area contributed by atoms with E-state index in [1.165, 1.54) is 31.9 Å². The number of ether oxygens (including phenoxy) is 1. The van der Waals surface area contributed by atoms with Gasteiger partial charge in [-0.3, -0.25) is 4.79 Å². The van der Waals surface area contributed by atoms with Crippen LogP contribution < -0.4 is 15.8 Å². The molecule has 22 heavy (non-hydrogen) atoms. The molecule has 0 atom stereocenters. The van der Waals surface area contributed by atoms with Crippen molar-refractivity contribution in [1.82, 2.24) is 10.3 Å². The molecule has 124 valence electrons. The Kier molecular flexibility index (Phi) is 9.01. The average molecular weight is 348 g/mol. The number of unbranched alkanes of at least 4 members (excludes halogenated alkanes) is 5. The van der Waals surface area contributed by atoms with Crippen LogP contribution in [0.25, 0.3) is 0 Å². The number of pyridine rings is 1. The fourth-order valence-corrected chi connectivity index (χ4v) is 2.28. The number of halogens is 2. The van der Waals surface area contributed by atoms with Crippen LogP contribution in [0.4, 0.5) is 5.69 Å². The highest BCUT2D eigenvalue weighted by Gasteiger charge is 2.12. The first-order valence-corrected chi connectivity index (χ1v) is 8.30. The number of nitrogens with one attached hydrogen (secondary N) is 1. The topological polar surface area (TPSA) is 77.2 Å². The third kappa shape index (κ3) is 6.71. The molecule has 0 bridgehead atoms. The largest absolute Gasteiger partial charge is 0.466 e. The summed E-state index contributed by atoms with van der Waals surface area (Å²) in [7, 11) is 0. The van der Waals surface area contributed by atoms with Gasteiger partial charge in [0.25, 0.3) is 5.91 Å². The molecule has 0 spiro atoms. The van der Waals surface area contributed by atoms with E-state index in [9.17, 15) is 4.79 Å². The van der Waals surface area contributed by atoms with Crippen LogP contribution in [0.2, 0.25) is 10.0 Å². The first kappa shape index (κ1) is 18.8. The van der Waals surface area contributed by atoms with Crippen LogP contribution in [-0.2, 0) is 4.79 Å². The molecule has 1 amide bonds. The number of amides is 1. The maximum Gasteiger partial charge on any atom is 0.258 e. The lowest BCUT2D eigenvalue weighted by Gasteiger charge is -2.09. The Balaban J connectivity index is 2.20. The third-order valence-corrected chi connectivity index (χ3v) is 3.84. The van der Waals surface area contributed by atoms with Crippen molar-refractivity contribution in [3.63, 3.8) is 0 Å². The second-order valence-corrected chi connectivity index (χ2v) is 5.83.